The van der Waals surface area contributed by atoms with Crippen molar-refractivity contribution in [1.82, 2.24) is 9.61 Å². The molecule has 1 aromatic carbocycles. The monoisotopic (exact) mass is 278 g/mol. The van der Waals surface area contributed by atoms with E-state index in [1.165, 1.54) is 0 Å². The first-order valence-electron chi connectivity index (χ1n) is 6.83. The lowest BCUT2D eigenvalue weighted by Gasteiger charge is -2.05. The summed E-state index contributed by atoms with van der Waals surface area (Å²) in [5.74, 6) is 0.540. The lowest BCUT2D eigenvalue weighted by atomic mass is 10.1. The van der Waals surface area contributed by atoms with Crippen LogP contribution in [-0.2, 0) is 0 Å². The molecule has 21 heavy (non-hydrogen) atoms. The van der Waals surface area contributed by atoms with Crippen LogP contribution in [0.2, 0.25) is 0 Å². The summed E-state index contributed by atoms with van der Waals surface area (Å²) in [6, 6.07) is 13.6. The molecule has 0 fully saturated rings. The highest BCUT2D eigenvalue weighted by Gasteiger charge is 2.19. The Hall–Kier alpha value is -2.59. The summed E-state index contributed by atoms with van der Waals surface area (Å²) in [6.45, 7) is 2.00. The molecule has 4 heteroatoms. The number of pyridine rings is 1. The highest BCUT2D eigenvalue weighted by atomic mass is 16.4. The number of aryl methyl sites for hydroxylation is 1. The number of nitrogens with zero attached hydrogens (tertiary/aromatic N) is 2. The van der Waals surface area contributed by atoms with Crippen molar-refractivity contribution in [2.24, 2.45) is 0 Å². The van der Waals surface area contributed by atoms with Crippen LogP contribution in [0, 0.1) is 6.92 Å². The van der Waals surface area contributed by atoms with Crippen LogP contribution in [0.4, 0.5) is 0 Å². The highest BCUT2D eigenvalue weighted by Crippen LogP contribution is 2.31. The maximum Gasteiger partial charge on any atom is 0.140 e. The topological polar surface area (TPSA) is 50.7 Å². The van der Waals surface area contributed by atoms with Gasteiger partial charge in [-0.2, -0.15) is 5.10 Å². The van der Waals surface area contributed by atoms with Gasteiger partial charge in [0.2, 0.25) is 0 Å². The van der Waals surface area contributed by atoms with Crippen LogP contribution in [0.15, 0.2) is 59.3 Å². The Balaban J connectivity index is 1.86. The van der Waals surface area contributed by atoms with Crippen molar-refractivity contribution in [3.8, 4) is 0 Å². The molecule has 0 spiro atoms. The van der Waals surface area contributed by atoms with Crippen molar-refractivity contribution >= 4 is 16.5 Å². The molecule has 0 amide bonds. The molecule has 0 saturated carbocycles. The Kier molecular flexibility index (Phi) is 2.59. The molecule has 4 aromatic rings. The molecule has 0 aliphatic rings. The van der Waals surface area contributed by atoms with Gasteiger partial charge in [-0.05, 0) is 30.7 Å². The van der Waals surface area contributed by atoms with E-state index in [1.807, 2.05) is 55.6 Å². The normalized spacial score (nSPS) is 13.0. The van der Waals surface area contributed by atoms with Crippen LogP contribution in [-0.4, -0.2) is 14.7 Å². The summed E-state index contributed by atoms with van der Waals surface area (Å²) in [5.41, 5.74) is 3.50. The predicted molar refractivity (Wildman–Crippen MR) is 80.2 cm³/mol. The summed E-state index contributed by atoms with van der Waals surface area (Å²) in [6.07, 6.45) is 2.71. The smallest absolute Gasteiger partial charge is 0.140 e. The van der Waals surface area contributed by atoms with Crippen molar-refractivity contribution in [3.63, 3.8) is 0 Å². The minimum Gasteiger partial charge on any atom is -0.458 e. The molecule has 0 radical (unpaired) electrons. The third-order valence-electron chi connectivity index (χ3n) is 3.78. The summed E-state index contributed by atoms with van der Waals surface area (Å²) in [5, 5.41) is 15.9. The van der Waals surface area contributed by atoms with E-state index in [4.69, 9.17) is 4.42 Å². The third kappa shape index (κ3) is 1.84. The zero-order chi connectivity index (χ0) is 14.4. The Morgan fingerprint density at radius 3 is 2.95 bits per heavy atom. The number of aliphatic hydroxyl groups excluding tert-OH is 1. The second-order valence-electron chi connectivity index (χ2n) is 5.17. The molecule has 1 unspecified atom stereocenters. The number of aromatic nitrogens is 2. The minimum absolute atomic E-state index is 0.540. The van der Waals surface area contributed by atoms with Crippen molar-refractivity contribution in [1.29, 1.82) is 0 Å². The second kappa shape index (κ2) is 4.46. The molecular formula is C17H14N2O2. The zero-order valence-electron chi connectivity index (χ0n) is 11.5. The standard InChI is InChI=1S/C17H14N2O2/c1-11-5-4-6-12-9-15(21-17(11)12)16(20)13-10-18-19-8-3-2-7-14(13)19/h2-10,16,20H,1H3. The van der Waals surface area contributed by atoms with Gasteiger partial charge in [0, 0.05) is 17.1 Å². The van der Waals surface area contributed by atoms with Gasteiger partial charge in [-0.25, -0.2) is 4.52 Å². The van der Waals surface area contributed by atoms with Gasteiger partial charge >= 0.3 is 0 Å². The molecule has 3 aromatic heterocycles. The van der Waals surface area contributed by atoms with Gasteiger partial charge in [0.25, 0.3) is 0 Å². The summed E-state index contributed by atoms with van der Waals surface area (Å²) in [4.78, 5) is 0. The van der Waals surface area contributed by atoms with Gasteiger partial charge in [0.05, 0.1) is 11.7 Å². The average molecular weight is 278 g/mol. The fourth-order valence-electron chi connectivity index (χ4n) is 2.68. The van der Waals surface area contributed by atoms with Crippen molar-refractivity contribution < 1.29 is 9.52 Å². The molecule has 1 atom stereocenters. The third-order valence-corrected chi connectivity index (χ3v) is 3.78. The van der Waals surface area contributed by atoms with E-state index in [0.717, 1.165) is 27.6 Å². The molecule has 0 bridgehead atoms. The Morgan fingerprint density at radius 1 is 1.19 bits per heavy atom. The van der Waals surface area contributed by atoms with Gasteiger partial charge in [-0.1, -0.05) is 24.3 Å². The van der Waals surface area contributed by atoms with Gasteiger partial charge in [-0.15, -0.1) is 0 Å². The number of hydrogen-bond donors (Lipinski definition) is 1. The molecule has 0 aliphatic carbocycles. The first-order chi connectivity index (χ1) is 10.2. The van der Waals surface area contributed by atoms with Crippen LogP contribution in [0.1, 0.15) is 23.0 Å². The van der Waals surface area contributed by atoms with Gasteiger partial charge in [-0.3, -0.25) is 0 Å². The molecule has 1 N–H and O–H groups in total. The number of furan rings is 1. The van der Waals surface area contributed by atoms with Gasteiger partial charge in [0.15, 0.2) is 0 Å². The maximum absolute atomic E-state index is 10.6. The van der Waals surface area contributed by atoms with Gasteiger partial charge in [0.1, 0.15) is 17.4 Å². The number of para-hydroxylation sites is 1. The van der Waals surface area contributed by atoms with E-state index < -0.39 is 6.10 Å². The number of fused-ring (bicyclic) bond motifs is 2. The summed E-state index contributed by atoms with van der Waals surface area (Å²) in [7, 11) is 0. The number of rotatable bonds is 2. The molecular weight excluding hydrogens is 264 g/mol. The number of aliphatic hydroxyl groups is 1. The van der Waals surface area contributed by atoms with E-state index in [1.54, 1.807) is 10.7 Å². The van der Waals surface area contributed by atoms with E-state index in [2.05, 4.69) is 5.10 Å². The zero-order valence-corrected chi connectivity index (χ0v) is 11.5. The Morgan fingerprint density at radius 2 is 2.10 bits per heavy atom. The van der Waals surface area contributed by atoms with Crippen LogP contribution in [0.3, 0.4) is 0 Å². The van der Waals surface area contributed by atoms with Crippen LogP contribution >= 0.6 is 0 Å². The molecule has 104 valence electrons. The first kappa shape index (κ1) is 12.2. The van der Waals surface area contributed by atoms with Crippen molar-refractivity contribution in [2.45, 2.75) is 13.0 Å². The Bertz CT molecular complexity index is 936. The largest absolute Gasteiger partial charge is 0.458 e. The second-order valence-corrected chi connectivity index (χ2v) is 5.17. The van der Waals surface area contributed by atoms with Gasteiger partial charge < -0.3 is 9.52 Å². The first-order valence-corrected chi connectivity index (χ1v) is 6.83. The number of hydrogen-bond acceptors (Lipinski definition) is 3. The van der Waals surface area contributed by atoms with E-state index in [9.17, 15) is 5.11 Å². The van der Waals surface area contributed by atoms with E-state index in [-0.39, 0.29) is 0 Å². The van der Waals surface area contributed by atoms with Crippen molar-refractivity contribution in [3.05, 3.63) is 71.7 Å². The van der Waals surface area contributed by atoms with E-state index in [0.29, 0.717) is 5.76 Å². The lowest BCUT2D eigenvalue weighted by molar-refractivity contribution is 0.193. The quantitative estimate of drug-likeness (QED) is 0.611. The molecule has 4 rings (SSSR count). The van der Waals surface area contributed by atoms with Crippen LogP contribution < -0.4 is 0 Å². The molecule has 0 saturated heterocycles. The highest BCUT2D eigenvalue weighted by molar-refractivity contribution is 5.81. The summed E-state index contributed by atoms with van der Waals surface area (Å²) < 4.78 is 7.59. The van der Waals surface area contributed by atoms with Crippen molar-refractivity contribution in [2.75, 3.05) is 0 Å². The molecule has 0 aliphatic heterocycles. The average Bonchev–Trinajstić information content (AvgIpc) is 3.11. The SMILES string of the molecule is Cc1cccc2cc(C(O)c3cnn4ccccc34)oc12. The predicted octanol–water partition coefficient (Wildman–Crippen LogP) is 3.47. The molecule has 3 heterocycles. The molecule has 4 nitrogen and oxygen atoms in total. The van der Waals surface area contributed by atoms with Crippen LogP contribution in [0.25, 0.3) is 16.5 Å². The lowest BCUT2D eigenvalue weighted by Crippen LogP contribution is -1.97. The maximum atomic E-state index is 10.6. The minimum atomic E-state index is -0.823. The Labute approximate surface area is 121 Å². The van der Waals surface area contributed by atoms with E-state index >= 15 is 0 Å². The summed E-state index contributed by atoms with van der Waals surface area (Å²) >= 11 is 0. The number of benzene rings is 1. The van der Waals surface area contributed by atoms with Crippen LogP contribution in [0.5, 0.6) is 0 Å². The fraction of sp³-hybridized carbons (Fsp3) is 0.118. The fourth-order valence-corrected chi connectivity index (χ4v) is 2.68.